The highest BCUT2D eigenvalue weighted by molar-refractivity contribution is 5.93. The van der Waals surface area contributed by atoms with E-state index < -0.39 is 5.97 Å². The van der Waals surface area contributed by atoms with Crippen LogP contribution in [0.25, 0.3) is 11.0 Å². The lowest BCUT2D eigenvalue weighted by atomic mass is 10.1. The van der Waals surface area contributed by atoms with Crippen LogP contribution in [0.3, 0.4) is 0 Å². The number of anilines is 1. The number of fused-ring (bicyclic) bond motifs is 1. The average molecular weight is 518 g/mol. The number of hydrogen-bond acceptors (Lipinski definition) is 7. The summed E-state index contributed by atoms with van der Waals surface area (Å²) >= 11 is 0. The summed E-state index contributed by atoms with van der Waals surface area (Å²) in [6, 6.07) is 5.09. The highest BCUT2D eigenvalue weighted by Crippen LogP contribution is 2.31. The monoisotopic (exact) mass is 517 g/mol. The molecular formula is C29H35N5O4. The zero-order chi connectivity index (χ0) is 27.6. The van der Waals surface area contributed by atoms with Crippen molar-refractivity contribution in [1.82, 2.24) is 19.5 Å². The molecule has 1 aromatic carbocycles. The van der Waals surface area contributed by atoms with Gasteiger partial charge in [0.15, 0.2) is 0 Å². The fraction of sp³-hybridized carbons (Fsp3) is 0.379. The fourth-order valence-corrected chi connectivity index (χ4v) is 4.96. The van der Waals surface area contributed by atoms with E-state index in [1.807, 2.05) is 46.2 Å². The first-order valence-corrected chi connectivity index (χ1v) is 12.7. The van der Waals surface area contributed by atoms with Gasteiger partial charge in [0.05, 0.1) is 55.3 Å². The number of aromatic nitrogens is 4. The minimum Gasteiger partial charge on any atom is -0.496 e. The molecular weight excluding hydrogens is 482 g/mol. The minimum atomic E-state index is -0.978. The van der Waals surface area contributed by atoms with Crippen LogP contribution < -0.4 is 14.4 Å². The number of pyridine rings is 2. The zero-order valence-electron chi connectivity index (χ0n) is 23.1. The van der Waals surface area contributed by atoms with Gasteiger partial charge in [0.2, 0.25) is 5.95 Å². The van der Waals surface area contributed by atoms with Gasteiger partial charge in [-0.1, -0.05) is 6.92 Å². The van der Waals surface area contributed by atoms with Gasteiger partial charge >= 0.3 is 5.97 Å². The molecule has 4 rings (SSSR count). The van der Waals surface area contributed by atoms with Crippen LogP contribution >= 0.6 is 0 Å². The van der Waals surface area contributed by atoms with Crippen molar-refractivity contribution < 1.29 is 19.4 Å². The van der Waals surface area contributed by atoms with Crippen LogP contribution in [0, 0.1) is 27.7 Å². The lowest BCUT2D eigenvalue weighted by molar-refractivity contribution is 0.0697. The Bertz CT molecular complexity index is 1430. The number of methoxy groups -OCH3 is 2. The number of imidazole rings is 1. The summed E-state index contributed by atoms with van der Waals surface area (Å²) in [5.41, 5.74) is 7.34. The summed E-state index contributed by atoms with van der Waals surface area (Å²) in [4.78, 5) is 28.2. The normalized spacial score (nSPS) is 11.1. The van der Waals surface area contributed by atoms with Crippen LogP contribution in [-0.4, -0.2) is 44.8 Å². The van der Waals surface area contributed by atoms with Crippen molar-refractivity contribution in [3.05, 3.63) is 69.8 Å². The lowest BCUT2D eigenvalue weighted by Crippen LogP contribution is -2.28. The second-order valence-electron chi connectivity index (χ2n) is 9.52. The van der Waals surface area contributed by atoms with Gasteiger partial charge in [-0.25, -0.2) is 9.78 Å². The molecule has 0 aliphatic carbocycles. The molecule has 0 aliphatic heterocycles. The summed E-state index contributed by atoms with van der Waals surface area (Å²) in [5, 5.41) is 9.54. The third kappa shape index (κ3) is 5.01. The standard InChI is InChI=1S/C29H35N5O4/c1-8-11-34-25-10-9-21(28(35)36)12-22(25)32-29(34)33(15-23-19(4)26(37-6)17(2)13-30-23)16-24-20(5)27(38-7)18(3)14-31-24/h9-10,12-14H,8,11,15-16H2,1-7H3,(H,35,36). The molecule has 9 heteroatoms. The summed E-state index contributed by atoms with van der Waals surface area (Å²) < 4.78 is 13.5. The number of carboxylic acid groups (broad SMARTS) is 1. The van der Waals surface area contributed by atoms with E-state index in [0.29, 0.717) is 18.6 Å². The van der Waals surface area contributed by atoms with Crippen molar-refractivity contribution in [1.29, 1.82) is 0 Å². The van der Waals surface area contributed by atoms with Gasteiger partial charge in [-0.3, -0.25) is 9.97 Å². The molecule has 200 valence electrons. The predicted octanol–water partition coefficient (Wildman–Crippen LogP) is 5.39. The average Bonchev–Trinajstić information content (AvgIpc) is 3.25. The lowest BCUT2D eigenvalue weighted by Gasteiger charge is -2.26. The molecule has 0 saturated carbocycles. The van der Waals surface area contributed by atoms with Gasteiger partial charge in [0.25, 0.3) is 0 Å². The number of carbonyl (C=O) groups is 1. The maximum absolute atomic E-state index is 11.6. The molecule has 38 heavy (non-hydrogen) atoms. The first-order chi connectivity index (χ1) is 18.2. The van der Waals surface area contributed by atoms with E-state index in [4.69, 9.17) is 24.4 Å². The van der Waals surface area contributed by atoms with Crippen LogP contribution in [0.15, 0.2) is 30.6 Å². The van der Waals surface area contributed by atoms with Gasteiger partial charge < -0.3 is 24.0 Å². The number of hydrogen-bond donors (Lipinski definition) is 1. The maximum atomic E-state index is 11.6. The van der Waals surface area contributed by atoms with Crippen molar-refractivity contribution in [2.45, 2.75) is 60.7 Å². The second kappa shape index (κ2) is 11.1. The minimum absolute atomic E-state index is 0.207. The van der Waals surface area contributed by atoms with Crippen LogP contribution in [0.1, 0.15) is 57.3 Å². The third-order valence-corrected chi connectivity index (χ3v) is 6.89. The van der Waals surface area contributed by atoms with Crippen LogP contribution in [0.5, 0.6) is 11.5 Å². The van der Waals surface area contributed by atoms with Crippen molar-refractivity contribution in [3.63, 3.8) is 0 Å². The predicted molar refractivity (Wildman–Crippen MR) is 147 cm³/mol. The molecule has 0 unspecified atom stereocenters. The quantitative estimate of drug-likeness (QED) is 0.299. The van der Waals surface area contributed by atoms with Crippen LogP contribution in [0.2, 0.25) is 0 Å². The highest BCUT2D eigenvalue weighted by atomic mass is 16.5. The number of nitrogens with zero attached hydrogens (tertiary/aromatic N) is 5. The van der Waals surface area contributed by atoms with Crippen molar-refractivity contribution >= 4 is 23.0 Å². The Morgan fingerprint density at radius 3 is 1.97 bits per heavy atom. The number of carboxylic acids is 1. The van der Waals surface area contributed by atoms with E-state index >= 15 is 0 Å². The van der Waals surface area contributed by atoms with Gasteiger partial charge in [0.1, 0.15) is 11.5 Å². The molecule has 9 nitrogen and oxygen atoms in total. The molecule has 3 heterocycles. The molecule has 0 aliphatic rings. The van der Waals surface area contributed by atoms with Crippen molar-refractivity contribution in [2.75, 3.05) is 19.1 Å². The Labute approximate surface area is 223 Å². The third-order valence-electron chi connectivity index (χ3n) is 6.89. The van der Waals surface area contributed by atoms with Gasteiger partial charge in [-0.05, 0) is 52.3 Å². The van der Waals surface area contributed by atoms with E-state index in [2.05, 4.69) is 16.4 Å². The maximum Gasteiger partial charge on any atom is 0.335 e. The molecule has 0 spiro atoms. The number of benzene rings is 1. The van der Waals surface area contributed by atoms with E-state index in [1.165, 1.54) is 0 Å². The Balaban J connectivity index is 1.90. The first kappa shape index (κ1) is 26.9. The molecule has 4 aromatic rings. The molecule has 0 fully saturated rings. The Morgan fingerprint density at radius 1 is 0.947 bits per heavy atom. The molecule has 0 amide bonds. The molecule has 0 saturated heterocycles. The Hall–Kier alpha value is -4.14. The van der Waals surface area contributed by atoms with Crippen molar-refractivity contribution in [2.24, 2.45) is 0 Å². The summed E-state index contributed by atoms with van der Waals surface area (Å²) in [7, 11) is 3.34. The molecule has 3 aromatic heterocycles. The van der Waals surface area contributed by atoms with Gasteiger partial charge in [-0.2, -0.15) is 0 Å². The Morgan fingerprint density at radius 2 is 1.50 bits per heavy atom. The molecule has 0 radical (unpaired) electrons. The van der Waals surface area contributed by atoms with Gasteiger partial charge in [0, 0.05) is 41.2 Å². The number of rotatable bonds is 10. The van der Waals surface area contributed by atoms with E-state index in [0.717, 1.165) is 69.6 Å². The van der Waals surface area contributed by atoms with Crippen LogP contribution in [-0.2, 0) is 19.6 Å². The van der Waals surface area contributed by atoms with Gasteiger partial charge in [-0.15, -0.1) is 0 Å². The zero-order valence-corrected chi connectivity index (χ0v) is 23.1. The molecule has 0 bridgehead atoms. The van der Waals surface area contributed by atoms with E-state index in [9.17, 15) is 9.90 Å². The second-order valence-corrected chi connectivity index (χ2v) is 9.52. The van der Waals surface area contributed by atoms with E-state index in [1.54, 1.807) is 26.4 Å². The molecule has 1 N–H and O–H groups in total. The number of ether oxygens (including phenoxy) is 2. The summed E-state index contributed by atoms with van der Waals surface area (Å²) in [6.45, 7) is 11.7. The van der Waals surface area contributed by atoms with Crippen molar-refractivity contribution in [3.8, 4) is 11.5 Å². The summed E-state index contributed by atoms with van der Waals surface area (Å²) in [5.74, 6) is 1.38. The summed E-state index contributed by atoms with van der Waals surface area (Å²) in [6.07, 6.45) is 4.54. The number of aromatic carboxylic acids is 1. The number of aryl methyl sites for hydroxylation is 3. The molecule has 0 atom stereocenters. The topological polar surface area (TPSA) is 103 Å². The first-order valence-electron chi connectivity index (χ1n) is 12.7. The largest absolute Gasteiger partial charge is 0.496 e. The highest BCUT2D eigenvalue weighted by Gasteiger charge is 2.23. The van der Waals surface area contributed by atoms with E-state index in [-0.39, 0.29) is 5.56 Å². The smallest absolute Gasteiger partial charge is 0.335 e. The Kier molecular flexibility index (Phi) is 7.85. The van der Waals surface area contributed by atoms with Crippen LogP contribution in [0.4, 0.5) is 5.95 Å². The fourth-order valence-electron chi connectivity index (χ4n) is 4.96. The SMILES string of the molecule is CCCn1c(N(Cc2ncc(C)c(OC)c2C)Cc2ncc(C)c(OC)c2C)nc2cc(C(=O)O)ccc21.